The number of amides is 1. The summed E-state index contributed by atoms with van der Waals surface area (Å²) in [5.41, 5.74) is 3.08. The van der Waals surface area contributed by atoms with Crippen LogP contribution in [0.5, 0.6) is 0 Å². The maximum absolute atomic E-state index is 12.5. The van der Waals surface area contributed by atoms with Gasteiger partial charge in [-0.3, -0.25) is 4.79 Å². The molecule has 0 bridgehead atoms. The lowest BCUT2D eigenvalue weighted by atomic mass is 10.1. The van der Waals surface area contributed by atoms with Crippen molar-refractivity contribution in [3.05, 3.63) is 39.7 Å². The average Bonchev–Trinajstić information content (AvgIpc) is 2.88. The third-order valence-corrected chi connectivity index (χ3v) is 4.68. The van der Waals surface area contributed by atoms with Crippen LogP contribution in [0.15, 0.2) is 24.3 Å². The Kier molecular flexibility index (Phi) is 6.48. The first-order chi connectivity index (χ1) is 11.4. The third-order valence-electron chi connectivity index (χ3n) is 3.71. The number of likely N-dealkylation sites (N-methyl/N-ethyl adjacent to an activating group) is 1. The highest BCUT2D eigenvalue weighted by Gasteiger charge is 2.19. The zero-order valence-corrected chi connectivity index (χ0v) is 15.4. The summed E-state index contributed by atoms with van der Waals surface area (Å²) in [6.07, 6.45) is -0.394. The molecule has 0 aliphatic rings. The van der Waals surface area contributed by atoms with Gasteiger partial charge in [0.1, 0.15) is 0 Å². The van der Waals surface area contributed by atoms with Crippen LogP contribution in [-0.4, -0.2) is 54.3 Å². The van der Waals surface area contributed by atoms with Crippen LogP contribution < -0.4 is 0 Å². The number of methoxy groups -OCH3 is 1. The average molecular weight is 348 g/mol. The summed E-state index contributed by atoms with van der Waals surface area (Å²) in [5, 5.41) is 10.7. The van der Waals surface area contributed by atoms with Crippen LogP contribution in [0, 0.1) is 13.8 Å². The molecule has 1 amide bonds. The smallest absolute Gasteiger partial charge is 0.227 e. The van der Waals surface area contributed by atoms with Gasteiger partial charge in [0.15, 0.2) is 0 Å². The fourth-order valence-corrected chi connectivity index (χ4v) is 3.41. The largest absolute Gasteiger partial charge is 0.389 e. The number of rotatable bonds is 7. The number of carbonyl (C=O) groups is 1. The molecule has 0 saturated carbocycles. The van der Waals surface area contributed by atoms with Crippen LogP contribution in [0.25, 0.3) is 11.3 Å². The highest BCUT2D eigenvalue weighted by atomic mass is 32.1. The monoisotopic (exact) mass is 348 g/mol. The van der Waals surface area contributed by atoms with E-state index in [2.05, 4.69) is 4.98 Å². The lowest BCUT2D eigenvalue weighted by Crippen LogP contribution is -2.37. The van der Waals surface area contributed by atoms with E-state index < -0.39 is 6.10 Å². The fourth-order valence-electron chi connectivity index (χ4n) is 2.46. The fraction of sp³-hybridized carbons (Fsp3) is 0.444. The van der Waals surface area contributed by atoms with Crippen molar-refractivity contribution in [1.82, 2.24) is 9.88 Å². The number of hydrogen-bond acceptors (Lipinski definition) is 5. The molecule has 1 unspecified atom stereocenters. The first kappa shape index (κ1) is 18.6. The molecule has 2 rings (SSSR count). The van der Waals surface area contributed by atoms with E-state index in [0.29, 0.717) is 0 Å². The quantitative estimate of drug-likeness (QED) is 0.835. The minimum absolute atomic E-state index is 0.0397. The summed E-state index contributed by atoms with van der Waals surface area (Å²) in [4.78, 5) is 19.5. The maximum atomic E-state index is 12.5. The minimum atomic E-state index is -0.677. The predicted octanol–water partition coefficient (Wildman–Crippen LogP) is 2.44. The second kappa shape index (κ2) is 8.37. The number of aliphatic hydroxyl groups excluding tert-OH is 1. The van der Waals surface area contributed by atoms with E-state index in [-0.39, 0.29) is 25.5 Å². The van der Waals surface area contributed by atoms with Crippen LogP contribution in [-0.2, 0) is 16.0 Å². The number of hydrogen-bond donors (Lipinski definition) is 1. The highest BCUT2D eigenvalue weighted by molar-refractivity contribution is 7.12. The number of aliphatic hydroxyl groups is 1. The SMILES string of the molecule is COCC(O)CN(C)C(=O)Cc1sc(C)nc1-c1ccc(C)cc1. The number of ether oxygens (including phenoxy) is 1. The number of nitrogens with zero attached hydrogens (tertiary/aromatic N) is 2. The van der Waals surface area contributed by atoms with Crippen molar-refractivity contribution in [2.75, 3.05) is 27.3 Å². The summed E-state index contributed by atoms with van der Waals surface area (Å²) >= 11 is 1.54. The summed E-state index contributed by atoms with van der Waals surface area (Å²) in [5.74, 6) is -0.0397. The molecule has 1 atom stereocenters. The van der Waals surface area contributed by atoms with Gasteiger partial charge in [0.25, 0.3) is 0 Å². The normalized spacial score (nSPS) is 12.2. The van der Waals surface area contributed by atoms with Gasteiger partial charge in [-0.2, -0.15) is 0 Å². The van der Waals surface area contributed by atoms with Gasteiger partial charge in [-0.15, -0.1) is 11.3 Å². The molecule has 0 aliphatic carbocycles. The molecule has 0 radical (unpaired) electrons. The Hall–Kier alpha value is -1.76. The molecule has 1 aromatic heterocycles. The number of benzene rings is 1. The summed E-state index contributed by atoms with van der Waals surface area (Å²) < 4.78 is 4.90. The van der Waals surface area contributed by atoms with E-state index in [0.717, 1.165) is 21.1 Å². The molecule has 0 aliphatic heterocycles. The molecule has 5 nitrogen and oxygen atoms in total. The third kappa shape index (κ3) is 4.87. The second-order valence-corrected chi connectivity index (χ2v) is 7.22. The molecule has 0 fully saturated rings. The Bertz CT molecular complexity index is 682. The summed E-state index contributed by atoms with van der Waals surface area (Å²) in [6, 6.07) is 8.15. The van der Waals surface area contributed by atoms with Gasteiger partial charge in [0.05, 0.1) is 29.8 Å². The van der Waals surface area contributed by atoms with Crippen molar-refractivity contribution in [3.63, 3.8) is 0 Å². The Morgan fingerprint density at radius 3 is 2.62 bits per heavy atom. The van der Waals surface area contributed by atoms with Crippen molar-refractivity contribution in [2.24, 2.45) is 0 Å². The number of aromatic nitrogens is 1. The van der Waals surface area contributed by atoms with Gasteiger partial charge < -0.3 is 14.7 Å². The molecule has 1 N–H and O–H groups in total. The standard InChI is InChI=1S/C18H24N2O3S/c1-12-5-7-14(8-6-12)18-16(24-13(2)19-18)9-17(22)20(3)10-15(21)11-23-4/h5-8,15,21H,9-11H2,1-4H3. The highest BCUT2D eigenvalue weighted by Crippen LogP contribution is 2.29. The first-order valence-corrected chi connectivity index (χ1v) is 8.66. The predicted molar refractivity (Wildman–Crippen MR) is 96.2 cm³/mol. The molecule has 0 saturated heterocycles. The van der Waals surface area contributed by atoms with E-state index in [1.807, 2.05) is 38.1 Å². The van der Waals surface area contributed by atoms with Crippen molar-refractivity contribution in [2.45, 2.75) is 26.4 Å². The molecule has 130 valence electrons. The van der Waals surface area contributed by atoms with E-state index >= 15 is 0 Å². The Balaban J connectivity index is 2.12. The Morgan fingerprint density at radius 1 is 1.33 bits per heavy atom. The lowest BCUT2D eigenvalue weighted by Gasteiger charge is -2.20. The van der Waals surface area contributed by atoms with Gasteiger partial charge in [0, 0.05) is 31.1 Å². The van der Waals surface area contributed by atoms with E-state index in [4.69, 9.17) is 4.74 Å². The van der Waals surface area contributed by atoms with Gasteiger partial charge in [-0.05, 0) is 13.8 Å². The van der Waals surface area contributed by atoms with Crippen LogP contribution in [0.4, 0.5) is 0 Å². The molecule has 1 aromatic carbocycles. The van der Waals surface area contributed by atoms with Crippen molar-refractivity contribution in [1.29, 1.82) is 0 Å². The van der Waals surface area contributed by atoms with Crippen LogP contribution in [0.2, 0.25) is 0 Å². The summed E-state index contributed by atoms with van der Waals surface area (Å²) in [7, 11) is 3.22. The molecule has 1 heterocycles. The Morgan fingerprint density at radius 2 is 2.00 bits per heavy atom. The molecule has 0 spiro atoms. The molecule has 2 aromatic rings. The van der Waals surface area contributed by atoms with Crippen molar-refractivity contribution in [3.8, 4) is 11.3 Å². The first-order valence-electron chi connectivity index (χ1n) is 7.85. The molecule has 24 heavy (non-hydrogen) atoms. The van der Waals surface area contributed by atoms with E-state index in [1.165, 1.54) is 17.6 Å². The second-order valence-electron chi connectivity index (χ2n) is 5.93. The van der Waals surface area contributed by atoms with Gasteiger partial charge in [-0.1, -0.05) is 29.8 Å². The van der Waals surface area contributed by atoms with Crippen LogP contribution in [0.3, 0.4) is 0 Å². The Labute approximate surface area is 146 Å². The lowest BCUT2D eigenvalue weighted by molar-refractivity contribution is -0.130. The van der Waals surface area contributed by atoms with Crippen LogP contribution in [0.1, 0.15) is 15.4 Å². The maximum Gasteiger partial charge on any atom is 0.227 e. The zero-order chi connectivity index (χ0) is 17.7. The van der Waals surface area contributed by atoms with Crippen molar-refractivity contribution >= 4 is 17.2 Å². The summed E-state index contributed by atoms with van der Waals surface area (Å²) in [6.45, 7) is 4.46. The molecule has 6 heteroatoms. The molecular weight excluding hydrogens is 324 g/mol. The topological polar surface area (TPSA) is 62.7 Å². The van der Waals surface area contributed by atoms with Crippen LogP contribution >= 0.6 is 11.3 Å². The zero-order valence-electron chi connectivity index (χ0n) is 14.6. The molecular formula is C18H24N2O3S. The van der Waals surface area contributed by atoms with E-state index in [1.54, 1.807) is 18.4 Å². The van der Waals surface area contributed by atoms with Gasteiger partial charge in [0.2, 0.25) is 5.91 Å². The van der Waals surface area contributed by atoms with Gasteiger partial charge in [-0.25, -0.2) is 4.98 Å². The number of carbonyl (C=O) groups excluding carboxylic acids is 1. The van der Waals surface area contributed by atoms with Gasteiger partial charge >= 0.3 is 0 Å². The van der Waals surface area contributed by atoms with E-state index in [9.17, 15) is 9.90 Å². The minimum Gasteiger partial charge on any atom is -0.389 e. The number of aryl methyl sites for hydroxylation is 2. The van der Waals surface area contributed by atoms with Crippen molar-refractivity contribution < 1.29 is 14.6 Å². The number of thiazole rings is 1.